The number of aliphatic hydroxyl groups is 1. The first kappa shape index (κ1) is 17.2. The van der Waals surface area contributed by atoms with Gasteiger partial charge < -0.3 is 20.5 Å². The third-order valence-corrected chi connectivity index (χ3v) is 2.93. The van der Waals surface area contributed by atoms with Crippen LogP contribution in [0.5, 0.6) is 5.75 Å². The lowest BCUT2D eigenvalue weighted by Crippen LogP contribution is -2.24. The Morgan fingerprint density at radius 1 is 1.20 bits per heavy atom. The van der Waals surface area contributed by atoms with Crippen LogP contribution >= 0.6 is 11.6 Å². The Bertz CT molecular complexity index is 386. The highest BCUT2D eigenvalue weighted by Crippen LogP contribution is 2.23. The van der Waals surface area contributed by atoms with Crippen LogP contribution in [0.25, 0.3) is 0 Å². The summed E-state index contributed by atoms with van der Waals surface area (Å²) in [5.74, 6) is 0.885. The van der Waals surface area contributed by atoms with Crippen molar-refractivity contribution in [2.45, 2.75) is 32.9 Å². The number of rotatable bonds is 10. The second-order valence-electron chi connectivity index (χ2n) is 4.92. The van der Waals surface area contributed by atoms with Crippen LogP contribution < -0.4 is 15.4 Å². The molecular weight excluding hydrogens is 276 g/mol. The van der Waals surface area contributed by atoms with Crippen LogP contribution in [0.2, 0.25) is 5.02 Å². The fourth-order valence-electron chi connectivity index (χ4n) is 1.82. The zero-order valence-electron chi connectivity index (χ0n) is 12.3. The summed E-state index contributed by atoms with van der Waals surface area (Å²) in [5.41, 5.74) is 1.08. The lowest BCUT2D eigenvalue weighted by Gasteiger charge is -2.15. The molecule has 0 aliphatic carbocycles. The maximum Gasteiger partial charge on any atom is 0.124 e. The average Bonchev–Trinajstić information content (AvgIpc) is 2.40. The normalized spacial score (nSPS) is 11.1. The highest BCUT2D eigenvalue weighted by Gasteiger charge is 2.06. The van der Waals surface area contributed by atoms with E-state index in [4.69, 9.17) is 21.4 Å². The van der Waals surface area contributed by atoms with Crippen LogP contribution in [0.1, 0.15) is 25.8 Å². The molecule has 0 radical (unpaired) electrons. The number of hydrogen-bond donors (Lipinski definition) is 3. The average molecular weight is 301 g/mol. The zero-order valence-corrected chi connectivity index (χ0v) is 13.0. The van der Waals surface area contributed by atoms with Crippen molar-refractivity contribution >= 4 is 11.6 Å². The predicted molar refractivity (Wildman–Crippen MR) is 83.5 cm³/mol. The number of halogens is 1. The van der Waals surface area contributed by atoms with Gasteiger partial charge >= 0.3 is 0 Å². The van der Waals surface area contributed by atoms with Crippen molar-refractivity contribution in [1.82, 2.24) is 10.6 Å². The van der Waals surface area contributed by atoms with Gasteiger partial charge in [-0.3, -0.25) is 0 Å². The van der Waals surface area contributed by atoms with Crippen molar-refractivity contribution in [2.75, 3.05) is 26.2 Å². The minimum atomic E-state index is 0.151. The molecule has 20 heavy (non-hydrogen) atoms. The minimum absolute atomic E-state index is 0.151. The van der Waals surface area contributed by atoms with E-state index < -0.39 is 0 Å². The molecule has 0 aliphatic rings. The topological polar surface area (TPSA) is 53.5 Å². The van der Waals surface area contributed by atoms with Crippen LogP contribution in [-0.4, -0.2) is 37.5 Å². The Morgan fingerprint density at radius 2 is 1.95 bits per heavy atom. The first-order valence-electron chi connectivity index (χ1n) is 7.11. The highest BCUT2D eigenvalue weighted by atomic mass is 35.5. The Hall–Kier alpha value is -0.810. The van der Waals surface area contributed by atoms with E-state index in [1.165, 1.54) is 0 Å². The maximum atomic E-state index is 8.64. The number of benzene rings is 1. The van der Waals surface area contributed by atoms with Gasteiger partial charge in [0.15, 0.2) is 0 Å². The summed E-state index contributed by atoms with van der Waals surface area (Å²) in [5, 5.41) is 15.9. The molecule has 0 unspecified atom stereocenters. The quantitative estimate of drug-likeness (QED) is 0.580. The summed E-state index contributed by atoms with van der Waals surface area (Å²) >= 11 is 6.03. The SMILES string of the molecule is CC(C)Oc1ccc(Cl)cc1CNCCCNCCO. The van der Waals surface area contributed by atoms with Gasteiger partial charge in [-0.05, 0) is 51.6 Å². The highest BCUT2D eigenvalue weighted by molar-refractivity contribution is 6.30. The van der Waals surface area contributed by atoms with Crippen molar-refractivity contribution in [1.29, 1.82) is 0 Å². The van der Waals surface area contributed by atoms with Gasteiger partial charge in [0.25, 0.3) is 0 Å². The molecule has 0 aromatic heterocycles. The molecule has 0 saturated carbocycles. The molecule has 0 bridgehead atoms. The van der Waals surface area contributed by atoms with E-state index in [-0.39, 0.29) is 12.7 Å². The molecule has 0 amide bonds. The van der Waals surface area contributed by atoms with Crippen LogP contribution in [0.4, 0.5) is 0 Å². The van der Waals surface area contributed by atoms with Gasteiger partial charge in [-0.15, -0.1) is 0 Å². The van der Waals surface area contributed by atoms with Crippen molar-refractivity contribution < 1.29 is 9.84 Å². The molecule has 3 N–H and O–H groups in total. The fourth-order valence-corrected chi connectivity index (χ4v) is 2.02. The third kappa shape index (κ3) is 7.10. The van der Waals surface area contributed by atoms with E-state index in [2.05, 4.69) is 10.6 Å². The van der Waals surface area contributed by atoms with E-state index in [1.807, 2.05) is 32.0 Å². The minimum Gasteiger partial charge on any atom is -0.491 e. The van der Waals surface area contributed by atoms with Crippen LogP contribution in [-0.2, 0) is 6.54 Å². The van der Waals surface area contributed by atoms with Crippen molar-refractivity contribution in [3.8, 4) is 5.75 Å². The molecule has 1 aromatic carbocycles. The van der Waals surface area contributed by atoms with E-state index in [0.717, 1.165) is 42.4 Å². The monoisotopic (exact) mass is 300 g/mol. The lowest BCUT2D eigenvalue weighted by molar-refractivity contribution is 0.239. The number of hydrogen-bond acceptors (Lipinski definition) is 4. The molecule has 114 valence electrons. The van der Waals surface area contributed by atoms with Crippen LogP contribution in [0, 0.1) is 0 Å². The summed E-state index contributed by atoms with van der Waals surface area (Å²) in [6, 6.07) is 5.71. The van der Waals surface area contributed by atoms with Gasteiger partial charge in [0.1, 0.15) is 5.75 Å². The molecule has 1 rings (SSSR count). The van der Waals surface area contributed by atoms with Crippen LogP contribution in [0.15, 0.2) is 18.2 Å². The molecule has 4 nitrogen and oxygen atoms in total. The number of aliphatic hydroxyl groups excluding tert-OH is 1. The third-order valence-electron chi connectivity index (χ3n) is 2.70. The zero-order chi connectivity index (χ0) is 14.8. The molecule has 0 heterocycles. The van der Waals surface area contributed by atoms with Crippen LogP contribution in [0.3, 0.4) is 0 Å². The first-order valence-corrected chi connectivity index (χ1v) is 7.48. The standard InChI is InChI=1S/C15H25ClN2O2/c1-12(2)20-15-5-4-14(16)10-13(15)11-18-7-3-6-17-8-9-19/h4-5,10,12,17-19H,3,6-9,11H2,1-2H3. The van der Waals surface area contributed by atoms with Crippen molar-refractivity contribution in [2.24, 2.45) is 0 Å². The van der Waals surface area contributed by atoms with Gasteiger partial charge in [-0.2, -0.15) is 0 Å². The van der Waals surface area contributed by atoms with E-state index in [1.54, 1.807) is 0 Å². The number of ether oxygens (including phenoxy) is 1. The summed E-state index contributed by atoms with van der Waals surface area (Å²) < 4.78 is 5.77. The van der Waals surface area contributed by atoms with Crippen molar-refractivity contribution in [3.63, 3.8) is 0 Å². The molecule has 5 heteroatoms. The Morgan fingerprint density at radius 3 is 2.65 bits per heavy atom. The molecule has 0 aliphatic heterocycles. The largest absolute Gasteiger partial charge is 0.491 e. The Labute approximate surface area is 126 Å². The molecular formula is C15H25ClN2O2. The Kier molecular flexibility index (Phi) is 8.62. The maximum absolute atomic E-state index is 8.64. The lowest BCUT2D eigenvalue weighted by atomic mass is 10.2. The molecule has 1 aromatic rings. The van der Waals surface area contributed by atoms with E-state index >= 15 is 0 Å². The Balaban J connectivity index is 2.36. The molecule has 0 fully saturated rings. The van der Waals surface area contributed by atoms with Gasteiger partial charge in [0.2, 0.25) is 0 Å². The van der Waals surface area contributed by atoms with E-state index in [9.17, 15) is 0 Å². The van der Waals surface area contributed by atoms with Gasteiger partial charge in [-0.25, -0.2) is 0 Å². The summed E-state index contributed by atoms with van der Waals surface area (Å²) in [7, 11) is 0. The second kappa shape index (κ2) is 10.00. The first-order chi connectivity index (χ1) is 9.63. The van der Waals surface area contributed by atoms with Gasteiger partial charge in [0, 0.05) is 23.7 Å². The predicted octanol–water partition coefficient (Wildman–Crippen LogP) is 2.19. The summed E-state index contributed by atoms with van der Waals surface area (Å²) in [6.07, 6.45) is 1.17. The molecule has 0 spiro atoms. The summed E-state index contributed by atoms with van der Waals surface area (Å²) in [4.78, 5) is 0. The number of nitrogens with one attached hydrogen (secondary N) is 2. The summed E-state index contributed by atoms with van der Waals surface area (Å²) in [6.45, 7) is 7.41. The molecule has 0 saturated heterocycles. The van der Waals surface area contributed by atoms with Gasteiger partial charge in [0.05, 0.1) is 12.7 Å². The smallest absolute Gasteiger partial charge is 0.124 e. The molecule has 0 atom stereocenters. The van der Waals surface area contributed by atoms with E-state index in [0.29, 0.717) is 6.54 Å². The van der Waals surface area contributed by atoms with Gasteiger partial charge in [-0.1, -0.05) is 11.6 Å². The fraction of sp³-hybridized carbons (Fsp3) is 0.600. The van der Waals surface area contributed by atoms with Crippen molar-refractivity contribution in [3.05, 3.63) is 28.8 Å². The second-order valence-corrected chi connectivity index (χ2v) is 5.36.